The lowest BCUT2D eigenvalue weighted by molar-refractivity contribution is 0.228. The summed E-state index contributed by atoms with van der Waals surface area (Å²) in [7, 11) is 0. The fourth-order valence-corrected chi connectivity index (χ4v) is 4.19. The molecule has 0 fully saturated rings. The first-order valence-electron chi connectivity index (χ1n) is 11.5. The van der Waals surface area contributed by atoms with Crippen molar-refractivity contribution in [2.45, 2.75) is 33.1 Å². The molecule has 0 aromatic heterocycles. The van der Waals surface area contributed by atoms with Crippen molar-refractivity contribution in [3.63, 3.8) is 0 Å². The van der Waals surface area contributed by atoms with Gasteiger partial charge in [-0.25, -0.2) is 13.2 Å². The van der Waals surface area contributed by atoms with E-state index in [0.29, 0.717) is 18.4 Å². The lowest BCUT2D eigenvalue weighted by Gasteiger charge is -2.23. The van der Waals surface area contributed by atoms with Crippen molar-refractivity contribution in [1.29, 1.82) is 0 Å². The standard InChI is InChI=1S/C28H25F5O2/c1-3-34-23-13-11-21(26(31)28(23)33)20-10-9-19(14-22(20)29)18-7-5-17(6-8-18)15-35-24-12-4-16(2)25(30)27(24)32/h4,7,9-14,17H,3,5-6,8,15H2,1-2H3. The Morgan fingerprint density at radius 1 is 0.800 bits per heavy atom. The van der Waals surface area contributed by atoms with Crippen LogP contribution >= 0.6 is 0 Å². The third kappa shape index (κ3) is 5.19. The molecule has 35 heavy (non-hydrogen) atoms. The molecule has 3 aromatic carbocycles. The van der Waals surface area contributed by atoms with Crippen LogP contribution in [-0.2, 0) is 0 Å². The minimum Gasteiger partial charge on any atom is -0.491 e. The third-order valence-electron chi connectivity index (χ3n) is 6.21. The van der Waals surface area contributed by atoms with Gasteiger partial charge in [0.15, 0.2) is 23.1 Å². The Morgan fingerprint density at radius 2 is 1.49 bits per heavy atom. The van der Waals surface area contributed by atoms with Gasteiger partial charge in [-0.15, -0.1) is 0 Å². The van der Waals surface area contributed by atoms with Gasteiger partial charge in [-0.3, -0.25) is 0 Å². The Bertz CT molecular complexity index is 1270. The van der Waals surface area contributed by atoms with E-state index in [2.05, 4.69) is 0 Å². The highest BCUT2D eigenvalue weighted by molar-refractivity contribution is 5.72. The largest absolute Gasteiger partial charge is 0.491 e. The summed E-state index contributed by atoms with van der Waals surface area (Å²) in [4.78, 5) is 0. The number of benzene rings is 3. The summed E-state index contributed by atoms with van der Waals surface area (Å²) in [6, 6.07) is 9.91. The van der Waals surface area contributed by atoms with Gasteiger partial charge >= 0.3 is 0 Å². The topological polar surface area (TPSA) is 18.5 Å². The van der Waals surface area contributed by atoms with E-state index in [0.717, 1.165) is 12.0 Å². The average Bonchev–Trinajstić information content (AvgIpc) is 2.86. The fourth-order valence-electron chi connectivity index (χ4n) is 4.19. The maximum atomic E-state index is 14.9. The molecule has 0 aliphatic heterocycles. The molecule has 1 atom stereocenters. The second-order valence-electron chi connectivity index (χ2n) is 8.56. The lowest BCUT2D eigenvalue weighted by Crippen LogP contribution is -2.15. The number of aryl methyl sites for hydroxylation is 1. The van der Waals surface area contributed by atoms with Gasteiger partial charge in [0.25, 0.3) is 0 Å². The number of hydrogen-bond acceptors (Lipinski definition) is 2. The summed E-state index contributed by atoms with van der Waals surface area (Å²) in [6.07, 6.45) is 3.97. The third-order valence-corrected chi connectivity index (χ3v) is 6.21. The number of ether oxygens (including phenoxy) is 2. The van der Waals surface area contributed by atoms with Gasteiger partial charge in [0.05, 0.1) is 13.2 Å². The Balaban J connectivity index is 1.44. The summed E-state index contributed by atoms with van der Waals surface area (Å²) < 4.78 is 81.9. The van der Waals surface area contributed by atoms with Crippen LogP contribution in [0.1, 0.15) is 37.3 Å². The molecule has 1 aliphatic carbocycles. The quantitative estimate of drug-likeness (QED) is 0.314. The van der Waals surface area contributed by atoms with Crippen molar-refractivity contribution in [2.24, 2.45) is 5.92 Å². The van der Waals surface area contributed by atoms with Gasteiger partial charge in [0, 0.05) is 11.1 Å². The van der Waals surface area contributed by atoms with Crippen LogP contribution in [0.25, 0.3) is 16.7 Å². The summed E-state index contributed by atoms with van der Waals surface area (Å²) >= 11 is 0. The normalized spacial score (nSPS) is 15.6. The zero-order valence-corrected chi connectivity index (χ0v) is 19.4. The molecule has 3 aromatic rings. The average molecular weight is 488 g/mol. The second-order valence-corrected chi connectivity index (χ2v) is 8.56. The maximum Gasteiger partial charge on any atom is 0.201 e. The van der Waals surface area contributed by atoms with Crippen LogP contribution in [0.2, 0.25) is 0 Å². The minimum atomic E-state index is -1.16. The molecule has 7 heteroatoms. The van der Waals surface area contributed by atoms with Crippen LogP contribution in [0.3, 0.4) is 0 Å². The summed E-state index contributed by atoms with van der Waals surface area (Å²) in [5, 5.41) is 0. The number of rotatable bonds is 7. The molecule has 1 unspecified atom stereocenters. The molecular weight excluding hydrogens is 463 g/mol. The highest BCUT2D eigenvalue weighted by atomic mass is 19.2. The van der Waals surface area contributed by atoms with Gasteiger partial charge in [-0.1, -0.05) is 24.3 Å². The first-order chi connectivity index (χ1) is 16.8. The molecule has 184 valence electrons. The van der Waals surface area contributed by atoms with E-state index < -0.39 is 29.1 Å². The van der Waals surface area contributed by atoms with Gasteiger partial charge in [0.2, 0.25) is 11.6 Å². The molecule has 1 aliphatic rings. The number of hydrogen-bond donors (Lipinski definition) is 0. The van der Waals surface area contributed by atoms with E-state index in [1.165, 1.54) is 43.3 Å². The highest BCUT2D eigenvalue weighted by Crippen LogP contribution is 2.35. The monoisotopic (exact) mass is 488 g/mol. The lowest BCUT2D eigenvalue weighted by atomic mass is 9.86. The van der Waals surface area contributed by atoms with Crippen molar-refractivity contribution in [1.82, 2.24) is 0 Å². The molecule has 0 radical (unpaired) electrons. The predicted molar refractivity (Wildman–Crippen MR) is 125 cm³/mol. The van der Waals surface area contributed by atoms with E-state index in [1.807, 2.05) is 6.08 Å². The molecule has 0 spiro atoms. The molecule has 0 bridgehead atoms. The maximum absolute atomic E-state index is 14.9. The van der Waals surface area contributed by atoms with Gasteiger partial charge < -0.3 is 9.47 Å². The van der Waals surface area contributed by atoms with Crippen LogP contribution in [0.4, 0.5) is 22.0 Å². The molecule has 0 saturated carbocycles. The molecule has 0 heterocycles. The molecular formula is C28H25F5O2. The van der Waals surface area contributed by atoms with Crippen LogP contribution < -0.4 is 9.47 Å². The second kappa shape index (κ2) is 10.5. The van der Waals surface area contributed by atoms with Crippen molar-refractivity contribution in [2.75, 3.05) is 13.2 Å². The van der Waals surface area contributed by atoms with E-state index >= 15 is 0 Å². The van der Waals surface area contributed by atoms with Gasteiger partial charge in [-0.05, 0) is 80.0 Å². The first-order valence-corrected chi connectivity index (χ1v) is 11.5. The van der Waals surface area contributed by atoms with Crippen molar-refractivity contribution in [3.8, 4) is 22.6 Å². The summed E-state index contributed by atoms with van der Waals surface area (Å²) in [5.74, 6) is -5.09. The first kappa shape index (κ1) is 24.8. The van der Waals surface area contributed by atoms with E-state index in [9.17, 15) is 22.0 Å². The number of allylic oxidation sites excluding steroid dienone is 2. The zero-order chi connectivity index (χ0) is 25.1. The summed E-state index contributed by atoms with van der Waals surface area (Å²) in [5.41, 5.74) is 1.59. The highest BCUT2D eigenvalue weighted by Gasteiger charge is 2.21. The minimum absolute atomic E-state index is 0.0387. The zero-order valence-electron chi connectivity index (χ0n) is 19.4. The SMILES string of the molecule is CCOc1ccc(-c2ccc(C3=CCC(COc4ccc(C)c(F)c4F)CC3)cc2F)c(F)c1F. The summed E-state index contributed by atoms with van der Waals surface area (Å²) in [6.45, 7) is 3.56. The Kier molecular flexibility index (Phi) is 7.43. The van der Waals surface area contributed by atoms with Gasteiger partial charge in [-0.2, -0.15) is 8.78 Å². The van der Waals surface area contributed by atoms with Crippen molar-refractivity contribution in [3.05, 3.63) is 88.8 Å². The van der Waals surface area contributed by atoms with E-state index in [4.69, 9.17) is 9.47 Å². The van der Waals surface area contributed by atoms with E-state index in [-0.39, 0.29) is 47.3 Å². The Morgan fingerprint density at radius 3 is 2.17 bits per heavy atom. The van der Waals surface area contributed by atoms with Crippen LogP contribution in [0, 0.1) is 41.9 Å². The Hall–Kier alpha value is -3.35. The number of halogens is 5. The fraction of sp³-hybridized carbons (Fsp3) is 0.286. The molecule has 4 rings (SSSR count). The predicted octanol–water partition coefficient (Wildman–Crippen LogP) is 8.02. The molecule has 0 amide bonds. The Labute approximate surface area is 201 Å². The molecule has 0 N–H and O–H groups in total. The molecule has 2 nitrogen and oxygen atoms in total. The van der Waals surface area contributed by atoms with Crippen LogP contribution in [0.15, 0.2) is 48.5 Å². The molecule has 0 saturated heterocycles. The van der Waals surface area contributed by atoms with E-state index in [1.54, 1.807) is 13.0 Å². The van der Waals surface area contributed by atoms with Crippen LogP contribution in [0.5, 0.6) is 11.5 Å². The van der Waals surface area contributed by atoms with Crippen molar-refractivity contribution < 1.29 is 31.4 Å². The van der Waals surface area contributed by atoms with Crippen LogP contribution in [-0.4, -0.2) is 13.2 Å². The van der Waals surface area contributed by atoms with Crippen molar-refractivity contribution >= 4 is 5.57 Å². The van der Waals surface area contributed by atoms with Gasteiger partial charge in [0.1, 0.15) is 5.82 Å². The smallest absolute Gasteiger partial charge is 0.201 e.